The first-order valence-corrected chi connectivity index (χ1v) is 8.66. The molecule has 0 aliphatic carbocycles. The van der Waals surface area contributed by atoms with Crippen molar-refractivity contribution in [1.29, 1.82) is 0 Å². The van der Waals surface area contributed by atoms with Crippen LogP contribution in [0.2, 0.25) is 0 Å². The van der Waals surface area contributed by atoms with Crippen molar-refractivity contribution in [2.75, 3.05) is 26.9 Å². The highest BCUT2D eigenvalue weighted by molar-refractivity contribution is 5.84. The quantitative estimate of drug-likeness (QED) is 0.695. The van der Waals surface area contributed by atoms with Gasteiger partial charge in [-0.25, -0.2) is 0 Å². The minimum atomic E-state index is -0.647. The third-order valence-electron chi connectivity index (χ3n) is 4.67. The summed E-state index contributed by atoms with van der Waals surface area (Å²) in [5.41, 5.74) is 1.84. The SMILES string of the molecule is CCOC1(c2nnc(-c3cc4ccc(OC)cc4nc3C)o2)CCOC1. The van der Waals surface area contributed by atoms with Crippen LogP contribution in [0, 0.1) is 6.92 Å². The molecule has 1 aromatic carbocycles. The van der Waals surface area contributed by atoms with E-state index in [1.807, 2.05) is 38.1 Å². The summed E-state index contributed by atoms with van der Waals surface area (Å²) in [7, 11) is 1.64. The highest BCUT2D eigenvalue weighted by Crippen LogP contribution is 2.36. The summed E-state index contributed by atoms with van der Waals surface area (Å²) in [6, 6.07) is 7.79. The number of aryl methyl sites for hydroxylation is 1. The highest BCUT2D eigenvalue weighted by atomic mass is 16.6. The van der Waals surface area contributed by atoms with E-state index in [9.17, 15) is 0 Å². The molecule has 2 aromatic heterocycles. The highest BCUT2D eigenvalue weighted by Gasteiger charge is 2.43. The monoisotopic (exact) mass is 355 g/mol. The molecule has 0 bridgehead atoms. The molecule has 1 atom stereocenters. The minimum absolute atomic E-state index is 0.428. The minimum Gasteiger partial charge on any atom is -0.497 e. The summed E-state index contributed by atoms with van der Waals surface area (Å²) in [5.74, 6) is 1.67. The van der Waals surface area contributed by atoms with Crippen molar-refractivity contribution in [3.63, 3.8) is 0 Å². The molecular weight excluding hydrogens is 334 g/mol. The zero-order valence-corrected chi connectivity index (χ0v) is 15.1. The van der Waals surface area contributed by atoms with Gasteiger partial charge in [0.05, 0.1) is 37.1 Å². The van der Waals surface area contributed by atoms with Gasteiger partial charge in [-0.3, -0.25) is 4.98 Å². The number of ether oxygens (including phenoxy) is 3. The molecule has 4 rings (SSSR count). The molecule has 0 amide bonds. The Hall–Kier alpha value is -2.51. The number of pyridine rings is 1. The van der Waals surface area contributed by atoms with Gasteiger partial charge in [-0.05, 0) is 32.0 Å². The summed E-state index contributed by atoms with van der Waals surface area (Å²) >= 11 is 0. The van der Waals surface area contributed by atoms with E-state index < -0.39 is 5.60 Å². The van der Waals surface area contributed by atoms with Crippen molar-refractivity contribution in [1.82, 2.24) is 15.2 Å². The Morgan fingerprint density at radius 2 is 2.12 bits per heavy atom. The molecule has 0 saturated carbocycles. The van der Waals surface area contributed by atoms with Gasteiger partial charge < -0.3 is 18.6 Å². The molecule has 1 unspecified atom stereocenters. The van der Waals surface area contributed by atoms with Gasteiger partial charge in [0.25, 0.3) is 5.89 Å². The van der Waals surface area contributed by atoms with Crippen molar-refractivity contribution < 1.29 is 18.6 Å². The fraction of sp³-hybridized carbons (Fsp3) is 0.421. The van der Waals surface area contributed by atoms with E-state index in [1.165, 1.54) is 0 Å². The smallest absolute Gasteiger partial charge is 0.251 e. The third-order valence-corrected chi connectivity index (χ3v) is 4.67. The molecule has 1 fully saturated rings. The molecule has 7 heteroatoms. The number of rotatable bonds is 5. The summed E-state index contributed by atoms with van der Waals surface area (Å²) in [6.07, 6.45) is 0.706. The van der Waals surface area contributed by atoms with Crippen molar-refractivity contribution in [2.24, 2.45) is 0 Å². The normalized spacial score (nSPS) is 20.0. The van der Waals surface area contributed by atoms with Crippen LogP contribution in [0.1, 0.15) is 24.9 Å². The predicted molar refractivity (Wildman–Crippen MR) is 95.1 cm³/mol. The van der Waals surface area contributed by atoms with Gasteiger partial charge in [-0.1, -0.05) is 0 Å². The van der Waals surface area contributed by atoms with Crippen LogP contribution in [-0.2, 0) is 15.1 Å². The maximum absolute atomic E-state index is 5.99. The van der Waals surface area contributed by atoms with Gasteiger partial charge in [-0.15, -0.1) is 10.2 Å². The Bertz CT molecular complexity index is 932. The van der Waals surface area contributed by atoms with Crippen molar-refractivity contribution in [3.8, 4) is 17.2 Å². The zero-order valence-electron chi connectivity index (χ0n) is 15.1. The van der Waals surface area contributed by atoms with Crippen molar-refractivity contribution in [3.05, 3.63) is 35.9 Å². The molecule has 0 spiro atoms. The molecule has 26 heavy (non-hydrogen) atoms. The molecule has 0 N–H and O–H groups in total. The molecule has 7 nitrogen and oxygen atoms in total. The van der Waals surface area contributed by atoms with Crippen LogP contribution in [0.25, 0.3) is 22.4 Å². The zero-order chi connectivity index (χ0) is 18.1. The van der Waals surface area contributed by atoms with Crippen LogP contribution in [0.3, 0.4) is 0 Å². The Balaban J connectivity index is 1.74. The lowest BCUT2D eigenvalue weighted by Crippen LogP contribution is -2.30. The molecule has 1 aliphatic heterocycles. The Labute approximate surface area is 151 Å². The van der Waals surface area contributed by atoms with Gasteiger partial charge >= 0.3 is 0 Å². The van der Waals surface area contributed by atoms with E-state index >= 15 is 0 Å². The number of nitrogens with zero attached hydrogens (tertiary/aromatic N) is 3. The molecule has 136 valence electrons. The Morgan fingerprint density at radius 3 is 2.85 bits per heavy atom. The van der Waals surface area contributed by atoms with Gasteiger partial charge in [0.1, 0.15) is 5.75 Å². The first-order chi connectivity index (χ1) is 12.6. The molecule has 1 saturated heterocycles. The number of hydrogen-bond donors (Lipinski definition) is 0. The fourth-order valence-corrected chi connectivity index (χ4v) is 3.27. The molecular formula is C19H21N3O4. The van der Waals surface area contributed by atoms with E-state index in [0.29, 0.717) is 38.0 Å². The number of aromatic nitrogens is 3. The fourth-order valence-electron chi connectivity index (χ4n) is 3.27. The van der Waals surface area contributed by atoms with Gasteiger partial charge in [0, 0.05) is 24.5 Å². The maximum Gasteiger partial charge on any atom is 0.251 e. The number of benzene rings is 1. The second-order valence-electron chi connectivity index (χ2n) is 6.32. The van der Waals surface area contributed by atoms with Crippen LogP contribution in [-0.4, -0.2) is 42.1 Å². The summed E-state index contributed by atoms with van der Waals surface area (Å²) in [6.45, 7) is 5.48. The summed E-state index contributed by atoms with van der Waals surface area (Å²) in [5, 5.41) is 9.47. The van der Waals surface area contributed by atoms with Crippen molar-refractivity contribution in [2.45, 2.75) is 25.9 Å². The standard InChI is InChI=1S/C19H21N3O4/c1-4-25-19(7-8-24-11-19)18-22-21-17(26-18)15-9-13-5-6-14(23-3)10-16(13)20-12(15)2/h5-6,9-10H,4,7-8,11H2,1-3H3. The summed E-state index contributed by atoms with van der Waals surface area (Å²) in [4.78, 5) is 4.66. The number of fused-ring (bicyclic) bond motifs is 1. The Morgan fingerprint density at radius 1 is 1.23 bits per heavy atom. The van der Waals surface area contributed by atoms with Gasteiger partial charge in [0.2, 0.25) is 5.89 Å². The van der Waals surface area contributed by atoms with Crippen molar-refractivity contribution >= 4 is 10.9 Å². The third kappa shape index (κ3) is 2.83. The van der Waals surface area contributed by atoms with E-state index in [0.717, 1.165) is 27.9 Å². The second kappa shape index (κ2) is 6.66. The molecule has 0 radical (unpaired) electrons. The van der Waals surface area contributed by atoms with Crippen LogP contribution >= 0.6 is 0 Å². The lowest BCUT2D eigenvalue weighted by Gasteiger charge is -2.22. The topological polar surface area (TPSA) is 79.5 Å². The average Bonchev–Trinajstić information content (AvgIpc) is 3.31. The largest absolute Gasteiger partial charge is 0.497 e. The predicted octanol–water partition coefficient (Wildman–Crippen LogP) is 3.25. The van der Waals surface area contributed by atoms with E-state index in [-0.39, 0.29) is 0 Å². The Kier molecular flexibility index (Phi) is 4.34. The second-order valence-corrected chi connectivity index (χ2v) is 6.32. The molecule has 3 aromatic rings. The first kappa shape index (κ1) is 16.9. The summed E-state index contributed by atoms with van der Waals surface area (Å²) < 4.78 is 22.7. The van der Waals surface area contributed by atoms with Crippen LogP contribution < -0.4 is 4.74 Å². The van der Waals surface area contributed by atoms with E-state index in [2.05, 4.69) is 15.2 Å². The lowest BCUT2D eigenvalue weighted by molar-refractivity contribution is -0.0657. The number of methoxy groups -OCH3 is 1. The van der Waals surface area contributed by atoms with Gasteiger partial charge in [0.15, 0.2) is 5.60 Å². The number of hydrogen-bond acceptors (Lipinski definition) is 7. The van der Waals surface area contributed by atoms with Gasteiger partial charge in [-0.2, -0.15) is 0 Å². The molecule has 3 heterocycles. The first-order valence-electron chi connectivity index (χ1n) is 8.66. The lowest BCUT2D eigenvalue weighted by atomic mass is 10.0. The average molecular weight is 355 g/mol. The molecule has 1 aliphatic rings. The van der Waals surface area contributed by atoms with Crippen LogP contribution in [0.5, 0.6) is 5.75 Å². The van der Waals surface area contributed by atoms with Crippen LogP contribution in [0.15, 0.2) is 28.7 Å². The van der Waals surface area contributed by atoms with E-state index in [4.69, 9.17) is 18.6 Å². The van der Waals surface area contributed by atoms with E-state index in [1.54, 1.807) is 7.11 Å². The van der Waals surface area contributed by atoms with Crippen LogP contribution in [0.4, 0.5) is 0 Å². The maximum atomic E-state index is 5.99.